The fraction of sp³-hybridized carbons (Fsp3) is 0.333. The first-order valence-corrected chi connectivity index (χ1v) is 8.07. The minimum atomic E-state index is 0.0229. The molecule has 0 spiro atoms. The molecule has 2 aromatic rings. The Labute approximate surface area is 127 Å². The van der Waals surface area contributed by atoms with Gasteiger partial charge in [-0.3, -0.25) is 4.79 Å². The van der Waals surface area contributed by atoms with Crippen molar-refractivity contribution in [1.82, 2.24) is 9.88 Å². The zero-order valence-electron chi connectivity index (χ0n) is 11.9. The fourth-order valence-corrected chi connectivity index (χ4v) is 3.93. The summed E-state index contributed by atoms with van der Waals surface area (Å²) in [4.78, 5) is 18.9. The summed E-state index contributed by atoms with van der Waals surface area (Å²) in [5.41, 5.74) is 3.21. The normalized spacial score (nSPS) is 17.9. The number of fused-ring (bicyclic) bond motifs is 1. The number of carbonyl (C=O) groups is 1. The van der Waals surface area contributed by atoms with Gasteiger partial charge in [0, 0.05) is 30.4 Å². The lowest BCUT2D eigenvalue weighted by Crippen LogP contribution is -2.37. The van der Waals surface area contributed by atoms with E-state index in [9.17, 15) is 4.79 Å². The van der Waals surface area contributed by atoms with Crippen molar-refractivity contribution in [3.63, 3.8) is 0 Å². The lowest BCUT2D eigenvalue weighted by Gasteiger charge is -2.24. The van der Waals surface area contributed by atoms with E-state index in [1.54, 1.807) is 6.20 Å². The number of benzene rings is 1. The number of nitrogens with two attached hydrogens (primary N) is 1. The average Bonchev–Trinajstić information content (AvgIpc) is 3.07. The first kappa shape index (κ1) is 14.2. The number of amides is 1. The largest absolute Gasteiger partial charge is 0.338 e. The van der Waals surface area contributed by atoms with Gasteiger partial charge in [-0.2, -0.15) is 11.8 Å². The number of pyridine rings is 1. The number of nitrogen functional groups attached to an aromatic ring is 1. The van der Waals surface area contributed by atoms with Crippen molar-refractivity contribution in [3.05, 3.63) is 36.0 Å². The SMILES string of the molecule is CN(C(=O)c1cnc(NN)c2ccccc12)C1CCSC1. The second-order valence-corrected chi connectivity index (χ2v) is 6.29. The highest BCUT2D eigenvalue weighted by molar-refractivity contribution is 7.99. The van der Waals surface area contributed by atoms with Gasteiger partial charge in [-0.1, -0.05) is 24.3 Å². The smallest absolute Gasteiger partial charge is 0.256 e. The summed E-state index contributed by atoms with van der Waals surface area (Å²) in [5.74, 6) is 8.23. The Balaban J connectivity index is 2.02. The highest BCUT2D eigenvalue weighted by Crippen LogP contribution is 2.27. The van der Waals surface area contributed by atoms with Crippen molar-refractivity contribution in [2.24, 2.45) is 5.84 Å². The number of nitrogens with one attached hydrogen (secondary N) is 1. The standard InChI is InChI=1S/C15H18N4OS/c1-19(10-6-7-21-9-10)15(20)13-8-17-14(18-16)12-5-3-2-4-11(12)13/h2-5,8,10H,6-7,9,16H2,1H3,(H,17,18). The van der Waals surface area contributed by atoms with Gasteiger partial charge in [0.05, 0.1) is 5.56 Å². The van der Waals surface area contributed by atoms with Crippen LogP contribution in [0.2, 0.25) is 0 Å². The molecule has 1 aliphatic heterocycles. The van der Waals surface area contributed by atoms with Crippen LogP contribution in [-0.4, -0.2) is 40.4 Å². The third-order valence-electron chi connectivity index (χ3n) is 3.94. The van der Waals surface area contributed by atoms with E-state index in [2.05, 4.69) is 10.4 Å². The first-order chi connectivity index (χ1) is 10.2. The van der Waals surface area contributed by atoms with E-state index in [1.807, 2.05) is 48.0 Å². The third-order valence-corrected chi connectivity index (χ3v) is 5.08. The molecule has 1 atom stereocenters. The van der Waals surface area contributed by atoms with E-state index in [0.717, 1.165) is 28.7 Å². The van der Waals surface area contributed by atoms with Gasteiger partial charge in [0.2, 0.25) is 0 Å². The van der Waals surface area contributed by atoms with Gasteiger partial charge in [-0.15, -0.1) is 0 Å². The topological polar surface area (TPSA) is 71.2 Å². The van der Waals surface area contributed by atoms with Crippen LogP contribution in [0.3, 0.4) is 0 Å². The van der Waals surface area contributed by atoms with E-state index < -0.39 is 0 Å². The summed E-state index contributed by atoms with van der Waals surface area (Å²) in [6.45, 7) is 0. The zero-order chi connectivity index (χ0) is 14.8. The molecule has 1 unspecified atom stereocenters. The third kappa shape index (κ3) is 2.56. The Morgan fingerprint density at radius 3 is 2.86 bits per heavy atom. The number of nitrogens with zero attached hydrogens (tertiary/aromatic N) is 2. The molecule has 1 aromatic carbocycles. The van der Waals surface area contributed by atoms with Crippen LogP contribution >= 0.6 is 11.8 Å². The Bertz CT molecular complexity index is 670. The molecule has 0 radical (unpaired) electrons. The maximum Gasteiger partial charge on any atom is 0.256 e. The molecule has 2 heterocycles. The molecule has 1 amide bonds. The molecule has 1 aromatic heterocycles. The maximum absolute atomic E-state index is 12.8. The molecule has 6 heteroatoms. The Morgan fingerprint density at radius 1 is 1.43 bits per heavy atom. The summed E-state index contributed by atoms with van der Waals surface area (Å²) >= 11 is 1.90. The molecule has 0 saturated carbocycles. The fourth-order valence-electron chi connectivity index (χ4n) is 2.66. The molecule has 3 rings (SSSR count). The molecule has 1 saturated heterocycles. The Hall–Kier alpha value is -1.79. The molecular formula is C15H18N4OS. The van der Waals surface area contributed by atoms with Gasteiger partial charge < -0.3 is 10.3 Å². The van der Waals surface area contributed by atoms with Crippen LogP contribution in [-0.2, 0) is 0 Å². The van der Waals surface area contributed by atoms with Gasteiger partial charge in [-0.25, -0.2) is 10.8 Å². The van der Waals surface area contributed by atoms with Crippen LogP contribution in [0.1, 0.15) is 16.8 Å². The lowest BCUT2D eigenvalue weighted by molar-refractivity contribution is 0.0749. The summed E-state index contributed by atoms with van der Waals surface area (Å²) in [7, 11) is 1.88. The van der Waals surface area contributed by atoms with Gasteiger partial charge in [0.15, 0.2) is 0 Å². The second kappa shape index (κ2) is 5.91. The minimum Gasteiger partial charge on any atom is -0.338 e. The van der Waals surface area contributed by atoms with Crippen molar-refractivity contribution >= 4 is 34.3 Å². The number of rotatable bonds is 3. The van der Waals surface area contributed by atoms with Crippen LogP contribution < -0.4 is 11.3 Å². The number of thioether (sulfide) groups is 1. The van der Waals surface area contributed by atoms with Crippen LogP contribution in [0.5, 0.6) is 0 Å². The van der Waals surface area contributed by atoms with Crippen LogP contribution in [0.4, 0.5) is 5.82 Å². The first-order valence-electron chi connectivity index (χ1n) is 6.91. The number of hydrazine groups is 1. The van der Waals surface area contributed by atoms with E-state index in [4.69, 9.17) is 5.84 Å². The summed E-state index contributed by atoms with van der Waals surface area (Å²) in [6, 6.07) is 8.00. The molecule has 0 aliphatic carbocycles. The Kier molecular flexibility index (Phi) is 3.98. The van der Waals surface area contributed by atoms with Crippen LogP contribution in [0.25, 0.3) is 10.8 Å². The number of aromatic nitrogens is 1. The van der Waals surface area contributed by atoms with E-state index in [0.29, 0.717) is 17.4 Å². The monoisotopic (exact) mass is 302 g/mol. The van der Waals surface area contributed by atoms with Gasteiger partial charge in [0.25, 0.3) is 5.91 Å². The molecule has 1 aliphatic rings. The predicted octanol–water partition coefficient (Wildman–Crippen LogP) is 2.10. The van der Waals surface area contributed by atoms with Gasteiger partial charge >= 0.3 is 0 Å². The molecule has 3 N–H and O–H groups in total. The average molecular weight is 302 g/mol. The highest BCUT2D eigenvalue weighted by atomic mass is 32.2. The second-order valence-electron chi connectivity index (χ2n) is 5.14. The van der Waals surface area contributed by atoms with Crippen LogP contribution in [0.15, 0.2) is 30.5 Å². The number of carbonyl (C=O) groups excluding carboxylic acids is 1. The zero-order valence-corrected chi connectivity index (χ0v) is 12.7. The van der Waals surface area contributed by atoms with Crippen molar-refractivity contribution in [2.75, 3.05) is 24.0 Å². The summed E-state index contributed by atoms with van der Waals surface area (Å²) in [6.07, 6.45) is 2.67. The molecule has 5 nitrogen and oxygen atoms in total. The van der Waals surface area contributed by atoms with E-state index >= 15 is 0 Å². The van der Waals surface area contributed by atoms with Crippen molar-refractivity contribution < 1.29 is 4.79 Å². The van der Waals surface area contributed by atoms with Gasteiger partial charge in [-0.05, 0) is 17.6 Å². The molecule has 1 fully saturated rings. The summed E-state index contributed by atoms with van der Waals surface area (Å²) in [5, 5.41) is 1.74. The molecule has 21 heavy (non-hydrogen) atoms. The number of hydrogen-bond donors (Lipinski definition) is 2. The van der Waals surface area contributed by atoms with Gasteiger partial charge in [0.1, 0.15) is 5.82 Å². The highest BCUT2D eigenvalue weighted by Gasteiger charge is 2.26. The van der Waals surface area contributed by atoms with Crippen molar-refractivity contribution in [2.45, 2.75) is 12.5 Å². The quantitative estimate of drug-likeness (QED) is 0.671. The lowest BCUT2D eigenvalue weighted by atomic mass is 10.1. The molecule has 110 valence electrons. The Morgan fingerprint density at radius 2 is 2.19 bits per heavy atom. The van der Waals surface area contributed by atoms with E-state index in [1.165, 1.54) is 0 Å². The number of hydrogen-bond acceptors (Lipinski definition) is 5. The minimum absolute atomic E-state index is 0.0229. The number of anilines is 1. The van der Waals surface area contributed by atoms with Crippen molar-refractivity contribution in [3.8, 4) is 0 Å². The van der Waals surface area contributed by atoms with Crippen LogP contribution in [0, 0.1) is 0 Å². The molecular weight excluding hydrogens is 284 g/mol. The summed E-state index contributed by atoms with van der Waals surface area (Å²) < 4.78 is 0. The van der Waals surface area contributed by atoms with E-state index in [-0.39, 0.29) is 5.91 Å². The predicted molar refractivity (Wildman–Crippen MR) is 87.4 cm³/mol. The molecule has 0 bridgehead atoms. The maximum atomic E-state index is 12.8. The van der Waals surface area contributed by atoms with Crippen molar-refractivity contribution in [1.29, 1.82) is 0 Å².